The minimum atomic E-state index is -3.78. The van der Waals surface area contributed by atoms with Gasteiger partial charge in [-0.05, 0) is 42.7 Å². The number of nitrogens with two attached hydrogens (primary N) is 2. The van der Waals surface area contributed by atoms with Gasteiger partial charge in [0.15, 0.2) is 0 Å². The van der Waals surface area contributed by atoms with Crippen LogP contribution in [0.4, 0.5) is 11.4 Å². The summed E-state index contributed by atoms with van der Waals surface area (Å²) in [6, 6.07) is 10.3. The van der Waals surface area contributed by atoms with Crippen LogP contribution in [0.5, 0.6) is 5.75 Å². The quantitative estimate of drug-likeness (QED) is 0.391. The van der Waals surface area contributed by atoms with Crippen molar-refractivity contribution in [3.63, 3.8) is 0 Å². The molecule has 0 atom stereocenters. The number of hydrogen-bond donors (Lipinski definition) is 3. The molecule has 29 heavy (non-hydrogen) atoms. The maximum Gasteiger partial charge on any atom is 0.262 e. The molecule has 1 aliphatic carbocycles. The van der Waals surface area contributed by atoms with Crippen molar-refractivity contribution in [1.82, 2.24) is 0 Å². The standard InChI is InChI=1S/C19H22N6O3S/c1-25-8-9-28-18-11-14(5-7-17(18)25)29(26,27)24-13-4-2-12-3-6-16(15(12)10-13)22-23-19(20)21/h2,4-5,7,10-11,24H,3,6,8-9H2,1H3,(H4,20,21,23). The van der Waals surface area contributed by atoms with Crippen molar-refractivity contribution in [3.05, 3.63) is 47.5 Å². The minimum absolute atomic E-state index is 0.122. The topological polar surface area (TPSA) is 135 Å². The largest absolute Gasteiger partial charge is 0.490 e. The van der Waals surface area contributed by atoms with Crippen LogP contribution in [0.25, 0.3) is 0 Å². The predicted octanol–water partition coefficient (Wildman–Crippen LogP) is 1.24. The van der Waals surface area contributed by atoms with Crippen molar-refractivity contribution >= 4 is 33.1 Å². The van der Waals surface area contributed by atoms with Gasteiger partial charge in [0.1, 0.15) is 12.4 Å². The number of fused-ring (bicyclic) bond motifs is 2. The van der Waals surface area contributed by atoms with Crippen LogP contribution in [-0.2, 0) is 16.4 Å². The van der Waals surface area contributed by atoms with E-state index in [-0.39, 0.29) is 10.9 Å². The third kappa shape index (κ3) is 3.83. The lowest BCUT2D eigenvalue weighted by Gasteiger charge is -2.27. The van der Waals surface area contributed by atoms with E-state index in [2.05, 4.69) is 14.9 Å². The maximum absolute atomic E-state index is 12.9. The molecule has 0 amide bonds. The predicted molar refractivity (Wildman–Crippen MR) is 113 cm³/mol. The highest BCUT2D eigenvalue weighted by Gasteiger charge is 2.23. The Bertz CT molecular complexity index is 1120. The Morgan fingerprint density at radius 3 is 2.79 bits per heavy atom. The van der Waals surface area contributed by atoms with E-state index in [1.165, 1.54) is 0 Å². The summed E-state index contributed by atoms with van der Waals surface area (Å²) >= 11 is 0. The van der Waals surface area contributed by atoms with Gasteiger partial charge in [-0.2, -0.15) is 5.10 Å². The van der Waals surface area contributed by atoms with Crippen LogP contribution >= 0.6 is 0 Å². The molecule has 2 aliphatic rings. The molecule has 0 aromatic heterocycles. The molecule has 0 fully saturated rings. The van der Waals surface area contributed by atoms with E-state index in [9.17, 15) is 8.42 Å². The highest BCUT2D eigenvalue weighted by Crippen LogP contribution is 2.33. The van der Waals surface area contributed by atoms with Crippen LogP contribution in [0.3, 0.4) is 0 Å². The van der Waals surface area contributed by atoms with Crippen LogP contribution in [0.1, 0.15) is 17.5 Å². The summed E-state index contributed by atoms with van der Waals surface area (Å²) in [4.78, 5) is 2.17. The van der Waals surface area contributed by atoms with Gasteiger partial charge < -0.3 is 21.1 Å². The molecular weight excluding hydrogens is 392 g/mol. The van der Waals surface area contributed by atoms with Crippen LogP contribution in [-0.4, -0.2) is 40.3 Å². The number of nitrogens with zero attached hydrogens (tertiary/aromatic N) is 3. The molecule has 152 valence electrons. The molecule has 0 unspecified atom stereocenters. The van der Waals surface area contributed by atoms with Crippen molar-refractivity contribution in [2.24, 2.45) is 21.7 Å². The van der Waals surface area contributed by atoms with E-state index < -0.39 is 10.0 Å². The zero-order valence-electron chi connectivity index (χ0n) is 15.9. The first kappa shape index (κ1) is 19.1. The molecule has 2 aromatic rings. The van der Waals surface area contributed by atoms with E-state index in [0.717, 1.165) is 35.5 Å². The molecular formula is C19H22N6O3S. The summed E-state index contributed by atoms with van der Waals surface area (Å²) in [5.41, 5.74) is 14.6. The van der Waals surface area contributed by atoms with Gasteiger partial charge in [0.2, 0.25) is 5.96 Å². The molecule has 1 heterocycles. The van der Waals surface area contributed by atoms with Gasteiger partial charge in [0.25, 0.3) is 10.0 Å². The van der Waals surface area contributed by atoms with Gasteiger partial charge in [0.05, 0.1) is 22.8 Å². The Hall–Kier alpha value is -3.27. The number of aryl methyl sites for hydroxylation is 1. The molecule has 0 radical (unpaired) electrons. The molecule has 9 nitrogen and oxygen atoms in total. The fraction of sp³-hybridized carbons (Fsp3) is 0.263. The fourth-order valence-electron chi connectivity index (χ4n) is 3.46. The summed E-state index contributed by atoms with van der Waals surface area (Å²) in [6.07, 6.45) is 1.49. The van der Waals surface area contributed by atoms with Gasteiger partial charge >= 0.3 is 0 Å². The van der Waals surface area contributed by atoms with E-state index in [1.54, 1.807) is 30.3 Å². The van der Waals surface area contributed by atoms with E-state index in [4.69, 9.17) is 16.2 Å². The smallest absolute Gasteiger partial charge is 0.262 e. The molecule has 4 rings (SSSR count). The number of nitrogens with one attached hydrogen (secondary N) is 1. The summed E-state index contributed by atoms with van der Waals surface area (Å²) in [6.45, 7) is 1.28. The summed E-state index contributed by atoms with van der Waals surface area (Å²) in [7, 11) is -1.84. The van der Waals surface area contributed by atoms with Crippen molar-refractivity contribution in [2.75, 3.05) is 29.8 Å². The van der Waals surface area contributed by atoms with Gasteiger partial charge in [-0.15, -0.1) is 5.10 Å². The van der Waals surface area contributed by atoms with Gasteiger partial charge in [0, 0.05) is 24.4 Å². The number of sulfonamides is 1. The van der Waals surface area contributed by atoms with Gasteiger partial charge in [-0.1, -0.05) is 6.07 Å². The molecule has 0 saturated heterocycles. The lowest BCUT2D eigenvalue weighted by Crippen LogP contribution is -2.29. The minimum Gasteiger partial charge on any atom is -0.490 e. The molecule has 1 aliphatic heterocycles. The molecule has 10 heteroatoms. The Morgan fingerprint density at radius 1 is 1.17 bits per heavy atom. The molecule has 0 saturated carbocycles. The molecule has 5 N–H and O–H groups in total. The van der Waals surface area contributed by atoms with Crippen LogP contribution in [0, 0.1) is 0 Å². The molecule has 2 aromatic carbocycles. The van der Waals surface area contributed by atoms with Gasteiger partial charge in [-0.3, -0.25) is 4.72 Å². The third-order valence-corrected chi connectivity index (χ3v) is 6.31. The zero-order valence-corrected chi connectivity index (χ0v) is 16.7. The fourth-order valence-corrected chi connectivity index (χ4v) is 4.52. The number of guanidine groups is 1. The number of ether oxygens (including phenoxy) is 1. The monoisotopic (exact) mass is 414 g/mol. The van der Waals surface area contributed by atoms with Crippen LogP contribution in [0.15, 0.2) is 51.5 Å². The molecule has 0 bridgehead atoms. The number of hydrogen-bond acceptors (Lipinski definition) is 6. The van der Waals surface area contributed by atoms with E-state index in [1.807, 2.05) is 18.0 Å². The molecule has 0 spiro atoms. The summed E-state index contributed by atoms with van der Waals surface area (Å²) < 4.78 is 34.0. The highest BCUT2D eigenvalue weighted by molar-refractivity contribution is 7.92. The van der Waals surface area contributed by atoms with Crippen molar-refractivity contribution in [2.45, 2.75) is 17.7 Å². The second kappa shape index (κ2) is 7.28. The van der Waals surface area contributed by atoms with Crippen molar-refractivity contribution < 1.29 is 13.2 Å². The zero-order chi connectivity index (χ0) is 20.6. The summed E-state index contributed by atoms with van der Waals surface area (Å²) in [5.74, 6) is 0.435. The number of likely N-dealkylation sites (N-methyl/N-ethyl adjacent to an activating group) is 1. The Balaban J connectivity index is 1.62. The average molecular weight is 414 g/mol. The second-order valence-electron chi connectivity index (χ2n) is 6.95. The first-order valence-corrected chi connectivity index (χ1v) is 10.6. The van der Waals surface area contributed by atoms with Gasteiger partial charge in [-0.25, -0.2) is 8.42 Å². The Morgan fingerprint density at radius 2 is 2.00 bits per heavy atom. The average Bonchev–Trinajstić information content (AvgIpc) is 3.08. The maximum atomic E-state index is 12.9. The lowest BCUT2D eigenvalue weighted by molar-refractivity contribution is 0.310. The van der Waals surface area contributed by atoms with Crippen LogP contribution in [0.2, 0.25) is 0 Å². The van der Waals surface area contributed by atoms with E-state index in [0.29, 0.717) is 24.5 Å². The summed E-state index contributed by atoms with van der Waals surface area (Å²) in [5, 5.41) is 7.78. The highest BCUT2D eigenvalue weighted by atomic mass is 32.2. The van der Waals surface area contributed by atoms with Crippen LogP contribution < -0.4 is 25.8 Å². The number of rotatable bonds is 4. The van der Waals surface area contributed by atoms with Crippen molar-refractivity contribution in [1.29, 1.82) is 0 Å². The SMILES string of the molecule is CN1CCOc2cc(S(=O)(=O)Nc3ccc4c(c3)C(=NN=C(N)N)CC4)ccc21. The third-order valence-electron chi connectivity index (χ3n) is 4.93. The number of anilines is 2. The Labute approximate surface area is 169 Å². The first-order chi connectivity index (χ1) is 13.8. The first-order valence-electron chi connectivity index (χ1n) is 9.13. The normalized spacial score (nSPS) is 16.7. The van der Waals surface area contributed by atoms with Crippen molar-refractivity contribution in [3.8, 4) is 5.75 Å². The number of benzene rings is 2. The van der Waals surface area contributed by atoms with E-state index >= 15 is 0 Å². The second-order valence-corrected chi connectivity index (χ2v) is 8.63. The lowest BCUT2D eigenvalue weighted by atomic mass is 10.1. The Kier molecular flexibility index (Phi) is 4.79.